The highest BCUT2D eigenvalue weighted by atomic mass is 16.5. The number of para-hydroxylation sites is 2. The minimum Gasteiger partial charge on any atom is -0.382 e. The number of ether oxygens (including phenoxy) is 1. The molecule has 3 heteroatoms. The third-order valence-corrected chi connectivity index (χ3v) is 2.86. The molecule has 0 aromatic heterocycles. The van der Waals surface area contributed by atoms with E-state index >= 15 is 0 Å². The van der Waals surface area contributed by atoms with Gasteiger partial charge in [-0.1, -0.05) is 12.1 Å². The maximum absolute atomic E-state index is 5.37. The van der Waals surface area contributed by atoms with Gasteiger partial charge in [-0.2, -0.15) is 0 Å². The van der Waals surface area contributed by atoms with Crippen molar-refractivity contribution in [2.45, 2.75) is 13.3 Å². The predicted octanol–water partition coefficient (Wildman–Crippen LogP) is 2.35. The summed E-state index contributed by atoms with van der Waals surface area (Å²) in [5.41, 5.74) is 2.58. The van der Waals surface area contributed by atoms with Gasteiger partial charge in [-0.25, -0.2) is 0 Å². The first-order valence-corrected chi connectivity index (χ1v) is 6.07. The molecule has 88 valence electrons. The molecule has 1 N–H and O–H groups in total. The van der Waals surface area contributed by atoms with Gasteiger partial charge < -0.3 is 15.0 Å². The molecule has 0 bridgehead atoms. The van der Waals surface area contributed by atoms with Gasteiger partial charge in [0.05, 0.1) is 11.4 Å². The Morgan fingerprint density at radius 2 is 2.25 bits per heavy atom. The van der Waals surface area contributed by atoms with E-state index in [0.717, 1.165) is 39.3 Å². The van der Waals surface area contributed by atoms with Crippen molar-refractivity contribution in [2.24, 2.45) is 0 Å². The van der Waals surface area contributed by atoms with Crippen molar-refractivity contribution in [3.05, 3.63) is 24.3 Å². The fourth-order valence-corrected chi connectivity index (χ4v) is 2.08. The average Bonchev–Trinajstić information content (AvgIpc) is 2.35. The zero-order valence-corrected chi connectivity index (χ0v) is 9.91. The molecule has 1 heterocycles. The van der Waals surface area contributed by atoms with Crippen molar-refractivity contribution in [1.82, 2.24) is 0 Å². The first-order valence-electron chi connectivity index (χ1n) is 6.07. The van der Waals surface area contributed by atoms with Crippen molar-refractivity contribution in [2.75, 3.05) is 43.1 Å². The highest BCUT2D eigenvalue weighted by Crippen LogP contribution is 2.28. The fraction of sp³-hybridized carbons (Fsp3) is 0.538. The van der Waals surface area contributed by atoms with Crippen LogP contribution < -0.4 is 10.2 Å². The van der Waals surface area contributed by atoms with Gasteiger partial charge in [0.2, 0.25) is 0 Å². The summed E-state index contributed by atoms with van der Waals surface area (Å²) in [5.74, 6) is 0. The number of anilines is 2. The van der Waals surface area contributed by atoms with Crippen LogP contribution in [0.15, 0.2) is 24.3 Å². The average molecular weight is 220 g/mol. The molecule has 0 saturated carbocycles. The van der Waals surface area contributed by atoms with E-state index in [1.54, 1.807) is 0 Å². The van der Waals surface area contributed by atoms with Crippen LogP contribution in [0.2, 0.25) is 0 Å². The van der Waals surface area contributed by atoms with E-state index in [0.29, 0.717) is 0 Å². The van der Waals surface area contributed by atoms with Crippen LogP contribution in [-0.2, 0) is 4.74 Å². The molecule has 0 aliphatic carbocycles. The number of fused-ring (bicyclic) bond motifs is 1. The van der Waals surface area contributed by atoms with Gasteiger partial charge in [-0.3, -0.25) is 0 Å². The van der Waals surface area contributed by atoms with Gasteiger partial charge in [0.1, 0.15) is 0 Å². The Morgan fingerprint density at radius 3 is 3.12 bits per heavy atom. The smallest absolute Gasteiger partial charge is 0.0602 e. The van der Waals surface area contributed by atoms with E-state index in [9.17, 15) is 0 Å². The van der Waals surface area contributed by atoms with Crippen molar-refractivity contribution in [1.29, 1.82) is 0 Å². The number of rotatable bonds is 5. The molecule has 0 saturated heterocycles. The lowest BCUT2D eigenvalue weighted by Gasteiger charge is -2.32. The molecule has 1 aromatic rings. The normalized spacial score (nSPS) is 14.4. The second-order valence-corrected chi connectivity index (χ2v) is 3.98. The van der Waals surface area contributed by atoms with Gasteiger partial charge in [0, 0.05) is 32.8 Å². The van der Waals surface area contributed by atoms with Gasteiger partial charge in [0.25, 0.3) is 0 Å². The molecule has 1 aliphatic heterocycles. The van der Waals surface area contributed by atoms with Crippen LogP contribution in [0, 0.1) is 0 Å². The first-order chi connectivity index (χ1) is 7.92. The second kappa shape index (κ2) is 5.75. The Morgan fingerprint density at radius 1 is 1.38 bits per heavy atom. The molecule has 0 atom stereocenters. The van der Waals surface area contributed by atoms with Crippen LogP contribution in [0.4, 0.5) is 11.4 Å². The standard InChI is InChI=1S/C13H20N2O/c1-2-16-11-5-9-15-10-8-14-12-6-3-4-7-13(12)15/h3-4,6-7,14H,2,5,8-11H2,1H3. The molecule has 1 aliphatic rings. The number of benzene rings is 1. The number of nitrogens with one attached hydrogen (secondary N) is 1. The van der Waals surface area contributed by atoms with Crippen LogP contribution >= 0.6 is 0 Å². The Labute approximate surface area is 97.4 Å². The third kappa shape index (κ3) is 2.67. The van der Waals surface area contributed by atoms with Gasteiger partial charge in [0.15, 0.2) is 0 Å². The van der Waals surface area contributed by atoms with Crippen molar-refractivity contribution in [3.8, 4) is 0 Å². The molecule has 16 heavy (non-hydrogen) atoms. The van der Waals surface area contributed by atoms with Crippen molar-refractivity contribution in [3.63, 3.8) is 0 Å². The van der Waals surface area contributed by atoms with Crippen molar-refractivity contribution >= 4 is 11.4 Å². The summed E-state index contributed by atoms with van der Waals surface area (Å²) in [5, 5.41) is 3.42. The minimum absolute atomic E-state index is 0.818. The lowest BCUT2D eigenvalue weighted by molar-refractivity contribution is 0.146. The molecule has 3 nitrogen and oxygen atoms in total. The van der Waals surface area contributed by atoms with Crippen LogP contribution in [0.3, 0.4) is 0 Å². The molecule has 0 unspecified atom stereocenters. The van der Waals surface area contributed by atoms with E-state index in [-0.39, 0.29) is 0 Å². The van der Waals surface area contributed by atoms with Crippen LogP contribution in [0.1, 0.15) is 13.3 Å². The summed E-state index contributed by atoms with van der Waals surface area (Å²) >= 11 is 0. The summed E-state index contributed by atoms with van der Waals surface area (Å²) in [4.78, 5) is 2.44. The Hall–Kier alpha value is -1.22. The quantitative estimate of drug-likeness (QED) is 0.771. The number of hydrogen-bond donors (Lipinski definition) is 1. The molecule has 0 radical (unpaired) electrons. The van der Waals surface area contributed by atoms with Gasteiger partial charge in [-0.15, -0.1) is 0 Å². The van der Waals surface area contributed by atoms with Crippen LogP contribution in [0.25, 0.3) is 0 Å². The van der Waals surface area contributed by atoms with Gasteiger partial charge >= 0.3 is 0 Å². The van der Waals surface area contributed by atoms with E-state index in [2.05, 4.69) is 34.5 Å². The maximum Gasteiger partial charge on any atom is 0.0602 e. The summed E-state index contributed by atoms with van der Waals surface area (Å²) in [6, 6.07) is 8.50. The van der Waals surface area contributed by atoms with E-state index in [4.69, 9.17) is 4.74 Å². The Kier molecular flexibility index (Phi) is 4.05. The maximum atomic E-state index is 5.37. The van der Waals surface area contributed by atoms with E-state index in [1.807, 2.05) is 6.92 Å². The van der Waals surface area contributed by atoms with E-state index < -0.39 is 0 Å². The molecule has 1 aromatic carbocycles. The number of hydrogen-bond acceptors (Lipinski definition) is 3. The Balaban J connectivity index is 1.91. The van der Waals surface area contributed by atoms with E-state index in [1.165, 1.54) is 11.4 Å². The fourth-order valence-electron chi connectivity index (χ4n) is 2.08. The predicted molar refractivity (Wildman–Crippen MR) is 68.3 cm³/mol. The van der Waals surface area contributed by atoms with Crippen LogP contribution in [-0.4, -0.2) is 32.8 Å². The highest BCUT2D eigenvalue weighted by Gasteiger charge is 2.14. The van der Waals surface area contributed by atoms with Crippen molar-refractivity contribution < 1.29 is 4.74 Å². The largest absolute Gasteiger partial charge is 0.382 e. The monoisotopic (exact) mass is 220 g/mol. The summed E-state index contributed by atoms with van der Waals surface area (Å²) in [7, 11) is 0. The van der Waals surface area contributed by atoms with Crippen LogP contribution in [0.5, 0.6) is 0 Å². The lowest BCUT2D eigenvalue weighted by Crippen LogP contribution is -2.35. The molecular weight excluding hydrogens is 200 g/mol. The third-order valence-electron chi connectivity index (χ3n) is 2.86. The lowest BCUT2D eigenvalue weighted by atomic mass is 10.2. The first kappa shape index (κ1) is 11.3. The summed E-state index contributed by atoms with van der Waals surface area (Å²) < 4.78 is 5.37. The summed E-state index contributed by atoms with van der Waals surface area (Å²) in [6.45, 7) is 6.92. The Bertz CT molecular complexity index is 327. The zero-order chi connectivity index (χ0) is 11.2. The molecule has 0 spiro atoms. The zero-order valence-electron chi connectivity index (χ0n) is 9.91. The van der Waals surface area contributed by atoms with Gasteiger partial charge in [-0.05, 0) is 25.5 Å². The molecule has 0 amide bonds. The molecule has 2 rings (SSSR count). The molecular formula is C13H20N2O. The molecule has 0 fully saturated rings. The SMILES string of the molecule is CCOCCCN1CCNc2ccccc21. The number of nitrogens with zero attached hydrogens (tertiary/aromatic N) is 1. The summed E-state index contributed by atoms with van der Waals surface area (Å²) in [6.07, 6.45) is 1.10. The second-order valence-electron chi connectivity index (χ2n) is 3.98. The highest BCUT2D eigenvalue weighted by molar-refractivity contribution is 5.71. The topological polar surface area (TPSA) is 24.5 Å². The minimum atomic E-state index is 0.818.